The van der Waals surface area contributed by atoms with Gasteiger partial charge in [0.25, 0.3) is 0 Å². The lowest BCUT2D eigenvalue weighted by Crippen LogP contribution is -2.43. The van der Waals surface area contributed by atoms with Crippen LogP contribution in [0.1, 0.15) is 23.7 Å². The Morgan fingerprint density at radius 1 is 1.32 bits per heavy atom. The Bertz CT molecular complexity index is 704. The first-order valence-electron chi connectivity index (χ1n) is 6.80. The van der Waals surface area contributed by atoms with Crippen molar-refractivity contribution in [3.8, 4) is 6.07 Å². The quantitative estimate of drug-likeness (QED) is 0.729. The van der Waals surface area contributed by atoms with E-state index >= 15 is 0 Å². The van der Waals surface area contributed by atoms with Crippen molar-refractivity contribution in [3.63, 3.8) is 0 Å². The highest BCUT2D eigenvalue weighted by molar-refractivity contribution is 5.85. The lowest BCUT2D eigenvalue weighted by Gasteiger charge is -2.39. The molecule has 0 saturated heterocycles. The summed E-state index contributed by atoms with van der Waals surface area (Å²) in [6, 6.07) is 11.2. The largest absolute Gasteiger partial charge is 0.357 e. The minimum Gasteiger partial charge on any atom is -0.357 e. The van der Waals surface area contributed by atoms with Crippen molar-refractivity contribution in [2.45, 2.75) is 24.9 Å². The van der Waals surface area contributed by atoms with Crippen LogP contribution in [0.25, 0.3) is 10.9 Å². The molecule has 3 nitrogen and oxygen atoms in total. The molecule has 2 aromatic rings. The molecule has 0 bridgehead atoms. The molecule has 0 radical (unpaired) electrons. The van der Waals surface area contributed by atoms with Crippen LogP contribution >= 0.6 is 0 Å². The second kappa shape index (κ2) is 3.97. The van der Waals surface area contributed by atoms with E-state index in [1.165, 1.54) is 22.2 Å². The summed E-state index contributed by atoms with van der Waals surface area (Å²) in [5.41, 5.74) is 3.98. The number of nitrogens with one attached hydrogen (secondary N) is 1. The zero-order chi connectivity index (χ0) is 12.8. The summed E-state index contributed by atoms with van der Waals surface area (Å²) in [6.45, 7) is 0.974. The number of nitrogens with zero attached hydrogens (tertiary/aromatic N) is 2. The molecular weight excluding hydrogens is 234 g/mol. The number of nitriles is 1. The van der Waals surface area contributed by atoms with E-state index in [9.17, 15) is 5.26 Å². The fraction of sp³-hybridized carbons (Fsp3) is 0.312. The van der Waals surface area contributed by atoms with Crippen molar-refractivity contribution in [2.24, 2.45) is 0 Å². The Morgan fingerprint density at radius 3 is 3.11 bits per heavy atom. The molecule has 1 unspecified atom stereocenters. The maximum absolute atomic E-state index is 9.26. The minimum absolute atomic E-state index is 0.0710. The Hall–Kier alpha value is -2.05. The van der Waals surface area contributed by atoms with Gasteiger partial charge in [-0.2, -0.15) is 5.26 Å². The van der Waals surface area contributed by atoms with Gasteiger partial charge in [0.15, 0.2) is 0 Å². The van der Waals surface area contributed by atoms with Gasteiger partial charge in [0, 0.05) is 23.1 Å². The molecule has 0 spiro atoms. The topological polar surface area (TPSA) is 42.8 Å². The van der Waals surface area contributed by atoms with E-state index in [4.69, 9.17) is 0 Å². The van der Waals surface area contributed by atoms with Crippen LogP contribution in [0.5, 0.6) is 0 Å². The normalized spacial score (nSPS) is 25.8. The van der Waals surface area contributed by atoms with Crippen molar-refractivity contribution in [3.05, 3.63) is 47.7 Å². The van der Waals surface area contributed by atoms with Crippen LogP contribution in [0.15, 0.2) is 36.4 Å². The highest BCUT2D eigenvalue weighted by atomic mass is 15.2. The fourth-order valence-corrected chi connectivity index (χ4v) is 3.49. The predicted molar refractivity (Wildman–Crippen MR) is 74.6 cm³/mol. The van der Waals surface area contributed by atoms with Crippen molar-refractivity contribution < 1.29 is 0 Å². The lowest BCUT2D eigenvalue weighted by atomic mass is 9.91. The van der Waals surface area contributed by atoms with E-state index in [2.05, 4.69) is 46.3 Å². The first kappa shape index (κ1) is 10.8. The molecule has 1 aromatic heterocycles. The van der Waals surface area contributed by atoms with Crippen molar-refractivity contribution in [1.82, 2.24) is 9.88 Å². The standard InChI is InChI=1S/C16H15N3/c17-10-11-4-3-7-15-16-13(8-9-19(11)15)12-5-1-2-6-14(12)18-16/h1-6,11,15,18H,7-9H2/t11?,15-/m0/s1. The van der Waals surface area contributed by atoms with E-state index in [0.29, 0.717) is 6.04 Å². The third kappa shape index (κ3) is 1.47. The van der Waals surface area contributed by atoms with Crippen LogP contribution in [0.3, 0.4) is 0 Å². The minimum atomic E-state index is -0.0710. The van der Waals surface area contributed by atoms with Crippen molar-refractivity contribution >= 4 is 10.9 Å². The summed E-state index contributed by atoms with van der Waals surface area (Å²) in [5, 5.41) is 10.6. The van der Waals surface area contributed by atoms with Gasteiger partial charge in [-0.25, -0.2) is 0 Å². The number of fused-ring (bicyclic) bond motifs is 5. The Kier molecular flexibility index (Phi) is 2.27. The van der Waals surface area contributed by atoms with E-state index in [-0.39, 0.29) is 6.04 Å². The van der Waals surface area contributed by atoms with Gasteiger partial charge in [0.1, 0.15) is 6.04 Å². The van der Waals surface area contributed by atoms with E-state index < -0.39 is 0 Å². The van der Waals surface area contributed by atoms with Gasteiger partial charge < -0.3 is 4.98 Å². The van der Waals surface area contributed by atoms with Gasteiger partial charge in [0.2, 0.25) is 0 Å². The molecule has 0 fully saturated rings. The van der Waals surface area contributed by atoms with E-state index in [1.807, 2.05) is 6.08 Å². The highest BCUT2D eigenvalue weighted by Gasteiger charge is 2.34. The van der Waals surface area contributed by atoms with Gasteiger partial charge in [0.05, 0.1) is 12.1 Å². The molecule has 3 heterocycles. The summed E-state index contributed by atoms with van der Waals surface area (Å²) in [6.07, 6.45) is 6.21. The number of para-hydroxylation sites is 1. The number of benzene rings is 1. The van der Waals surface area contributed by atoms with Crippen LogP contribution in [0.2, 0.25) is 0 Å². The monoisotopic (exact) mass is 249 g/mol. The SMILES string of the molecule is N#CC1C=CC[C@H]2c3[nH]c4ccccc4c3CCN12. The van der Waals surface area contributed by atoms with Crippen molar-refractivity contribution in [2.75, 3.05) is 6.54 Å². The molecule has 0 aliphatic carbocycles. The molecule has 19 heavy (non-hydrogen) atoms. The smallest absolute Gasteiger partial charge is 0.117 e. The molecule has 1 N–H and O–H groups in total. The molecule has 3 heteroatoms. The number of hydrogen-bond donors (Lipinski definition) is 1. The van der Waals surface area contributed by atoms with Gasteiger partial charge >= 0.3 is 0 Å². The third-order valence-electron chi connectivity index (χ3n) is 4.37. The van der Waals surface area contributed by atoms with Crippen LogP contribution in [-0.2, 0) is 6.42 Å². The number of aromatic nitrogens is 1. The van der Waals surface area contributed by atoms with Gasteiger partial charge in [-0.1, -0.05) is 30.4 Å². The zero-order valence-electron chi connectivity index (χ0n) is 10.6. The molecule has 1 aromatic carbocycles. The first-order chi connectivity index (χ1) is 9.38. The van der Waals surface area contributed by atoms with Gasteiger partial charge in [-0.15, -0.1) is 0 Å². The highest BCUT2D eigenvalue weighted by Crippen LogP contribution is 2.39. The maximum atomic E-state index is 9.26. The molecule has 0 saturated carbocycles. The Labute approximate surface area is 112 Å². The first-order valence-corrected chi connectivity index (χ1v) is 6.80. The fourth-order valence-electron chi connectivity index (χ4n) is 3.49. The van der Waals surface area contributed by atoms with E-state index in [0.717, 1.165) is 19.4 Å². The zero-order valence-corrected chi connectivity index (χ0v) is 10.6. The van der Waals surface area contributed by atoms with Gasteiger partial charge in [-0.05, 0) is 24.5 Å². The second-order valence-corrected chi connectivity index (χ2v) is 5.30. The van der Waals surface area contributed by atoms with Crippen LogP contribution in [0.4, 0.5) is 0 Å². The van der Waals surface area contributed by atoms with Crippen LogP contribution in [0, 0.1) is 11.3 Å². The molecule has 2 aliphatic heterocycles. The second-order valence-electron chi connectivity index (χ2n) is 5.30. The molecule has 0 amide bonds. The predicted octanol–water partition coefficient (Wildman–Crippen LogP) is 2.92. The Morgan fingerprint density at radius 2 is 2.21 bits per heavy atom. The van der Waals surface area contributed by atoms with Crippen LogP contribution in [-0.4, -0.2) is 22.5 Å². The summed E-state index contributed by atoms with van der Waals surface area (Å²) >= 11 is 0. The average Bonchev–Trinajstić information content (AvgIpc) is 2.85. The molecule has 4 rings (SSSR count). The van der Waals surface area contributed by atoms with Crippen LogP contribution < -0.4 is 0 Å². The van der Waals surface area contributed by atoms with Gasteiger partial charge in [-0.3, -0.25) is 4.90 Å². The molecule has 94 valence electrons. The summed E-state index contributed by atoms with van der Waals surface area (Å²) < 4.78 is 0. The molecular formula is C16H15N3. The van der Waals surface area contributed by atoms with E-state index in [1.54, 1.807) is 0 Å². The Balaban J connectivity index is 1.88. The summed E-state index contributed by atoms with van der Waals surface area (Å²) in [4.78, 5) is 5.89. The average molecular weight is 249 g/mol. The number of aromatic amines is 1. The number of H-pyrrole nitrogens is 1. The number of hydrogen-bond acceptors (Lipinski definition) is 2. The third-order valence-corrected chi connectivity index (χ3v) is 4.37. The molecule has 2 atom stereocenters. The number of rotatable bonds is 0. The summed E-state index contributed by atoms with van der Waals surface area (Å²) in [7, 11) is 0. The van der Waals surface area contributed by atoms with Crippen molar-refractivity contribution in [1.29, 1.82) is 5.26 Å². The maximum Gasteiger partial charge on any atom is 0.117 e. The summed E-state index contributed by atoms with van der Waals surface area (Å²) in [5.74, 6) is 0. The molecule has 2 aliphatic rings. The lowest BCUT2D eigenvalue weighted by molar-refractivity contribution is 0.163.